The zero-order chi connectivity index (χ0) is 24.9. The minimum atomic E-state index is -1.78. The van der Waals surface area contributed by atoms with Crippen molar-refractivity contribution < 1.29 is 32.7 Å². The lowest BCUT2D eigenvalue weighted by Gasteiger charge is -2.35. The number of amides is 4. The molecule has 0 unspecified atom stereocenters. The van der Waals surface area contributed by atoms with Gasteiger partial charge in [0.15, 0.2) is 11.6 Å². The van der Waals surface area contributed by atoms with E-state index in [9.17, 15) is 28.0 Å². The lowest BCUT2D eigenvalue weighted by atomic mass is 9.96. The van der Waals surface area contributed by atoms with Gasteiger partial charge in [0, 0.05) is 25.6 Å². The molecule has 2 fully saturated rings. The molecule has 4 atom stereocenters. The van der Waals surface area contributed by atoms with E-state index in [2.05, 4.69) is 5.32 Å². The number of hydrogen-bond donors (Lipinski definition) is 3. The molecular weight excluding hydrogens is 452 g/mol. The quantitative estimate of drug-likeness (QED) is 0.527. The Morgan fingerprint density at radius 3 is 2.59 bits per heavy atom. The number of anilines is 1. The van der Waals surface area contributed by atoms with E-state index in [0.717, 1.165) is 23.8 Å². The number of hydrogen-bond acceptors (Lipinski definition) is 6. The smallest absolute Gasteiger partial charge is 0.270 e. The summed E-state index contributed by atoms with van der Waals surface area (Å²) in [6, 6.07) is -1.47. The van der Waals surface area contributed by atoms with Crippen LogP contribution in [-0.4, -0.2) is 70.7 Å². The van der Waals surface area contributed by atoms with Gasteiger partial charge in [0.1, 0.15) is 23.6 Å². The van der Waals surface area contributed by atoms with Gasteiger partial charge in [0.25, 0.3) is 5.91 Å². The molecule has 1 aromatic carbocycles. The summed E-state index contributed by atoms with van der Waals surface area (Å²) in [7, 11) is 1.47. The van der Waals surface area contributed by atoms with Crippen molar-refractivity contribution in [1.29, 1.82) is 0 Å². The highest BCUT2D eigenvalue weighted by atomic mass is 19.1. The molecule has 10 nitrogen and oxygen atoms in total. The zero-order valence-corrected chi connectivity index (χ0v) is 18.8. The summed E-state index contributed by atoms with van der Waals surface area (Å²) < 4.78 is 33.7. The number of likely N-dealkylation sites (N-methyl/N-ethyl adjacent to an activating group) is 1. The van der Waals surface area contributed by atoms with Gasteiger partial charge in [-0.2, -0.15) is 0 Å². The molecule has 0 bridgehead atoms. The number of rotatable bonds is 6. The first-order chi connectivity index (χ1) is 15.9. The van der Waals surface area contributed by atoms with Gasteiger partial charge >= 0.3 is 0 Å². The molecule has 1 aromatic rings. The van der Waals surface area contributed by atoms with E-state index in [1.54, 1.807) is 0 Å². The van der Waals surface area contributed by atoms with Crippen LogP contribution in [0.5, 0.6) is 5.75 Å². The molecule has 2 heterocycles. The summed E-state index contributed by atoms with van der Waals surface area (Å²) in [4.78, 5) is 53.9. The molecule has 34 heavy (non-hydrogen) atoms. The number of fused-ring (bicyclic) bond motifs is 1. The SMILES string of the molecule is C[C@H](N)C(=O)N(C)[C@@H](CC1CC1)C(=O)N1C[C@@]2(C[C@H]1C(N)=O)Oc1cc(F)cc(F)c1NC2=O. The standard InChI is InChI=1S/C22H27F2N5O5/c1-10(25)19(31)28(2)14(5-11-3-4-11)20(32)29-9-22(8-15(29)18(26)30)21(33)27-17-13(24)6-12(23)7-16(17)34-22/h6-7,10-11,14-15H,3-5,8-9,25H2,1-2H3,(H2,26,30)(H,27,33)/t10-,14-,15-,22+/m0/s1. The molecule has 5 N–H and O–H groups in total. The number of carbonyl (C=O) groups is 4. The summed E-state index contributed by atoms with van der Waals surface area (Å²) in [6.45, 7) is 1.12. The lowest BCUT2D eigenvalue weighted by molar-refractivity contribution is -0.148. The number of likely N-dealkylation sites (tertiary alicyclic amines) is 1. The van der Waals surface area contributed by atoms with E-state index in [0.29, 0.717) is 12.5 Å². The molecule has 184 valence electrons. The highest BCUT2D eigenvalue weighted by molar-refractivity contribution is 6.03. The Bertz CT molecular complexity index is 1060. The molecule has 0 aromatic heterocycles. The summed E-state index contributed by atoms with van der Waals surface area (Å²) in [5, 5.41) is 2.36. The molecule has 1 saturated heterocycles. The molecule has 4 rings (SSSR count). The van der Waals surface area contributed by atoms with Crippen molar-refractivity contribution in [3.05, 3.63) is 23.8 Å². The van der Waals surface area contributed by atoms with E-state index in [-0.39, 0.29) is 30.3 Å². The van der Waals surface area contributed by atoms with Gasteiger partial charge in [0.2, 0.25) is 23.3 Å². The normalized spacial score (nSPS) is 25.3. The van der Waals surface area contributed by atoms with Crippen LogP contribution >= 0.6 is 0 Å². The fourth-order valence-corrected chi connectivity index (χ4v) is 4.59. The van der Waals surface area contributed by atoms with Crippen LogP contribution in [0.3, 0.4) is 0 Å². The molecule has 1 aliphatic carbocycles. The Hall–Kier alpha value is -3.28. The van der Waals surface area contributed by atoms with Crippen LogP contribution in [0.15, 0.2) is 12.1 Å². The van der Waals surface area contributed by atoms with Crippen molar-refractivity contribution in [2.75, 3.05) is 18.9 Å². The first-order valence-corrected chi connectivity index (χ1v) is 11.0. The third-order valence-corrected chi connectivity index (χ3v) is 6.66. The predicted octanol–water partition coefficient (Wildman–Crippen LogP) is 0.0950. The van der Waals surface area contributed by atoms with E-state index >= 15 is 0 Å². The maximum atomic E-state index is 14.1. The van der Waals surface area contributed by atoms with Crippen molar-refractivity contribution >= 4 is 29.3 Å². The average molecular weight is 479 g/mol. The highest BCUT2D eigenvalue weighted by Crippen LogP contribution is 2.42. The second-order valence-electron chi connectivity index (χ2n) is 9.33. The summed E-state index contributed by atoms with van der Waals surface area (Å²) in [5.41, 5.74) is 9.18. The van der Waals surface area contributed by atoms with Gasteiger partial charge in [-0.15, -0.1) is 0 Å². The maximum absolute atomic E-state index is 14.1. The maximum Gasteiger partial charge on any atom is 0.270 e. The second-order valence-corrected chi connectivity index (χ2v) is 9.33. The fraction of sp³-hybridized carbons (Fsp3) is 0.545. The zero-order valence-electron chi connectivity index (χ0n) is 18.8. The molecule has 1 saturated carbocycles. The number of ether oxygens (including phenoxy) is 1. The summed E-state index contributed by atoms with van der Waals surface area (Å²) in [6.07, 6.45) is 1.88. The molecule has 0 radical (unpaired) electrons. The van der Waals surface area contributed by atoms with Crippen molar-refractivity contribution in [3.8, 4) is 5.75 Å². The largest absolute Gasteiger partial charge is 0.473 e. The van der Waals surface area contributed by atoms with Crippen LogP contribution in [0.2, 0.25) is 0 Å². The number of benzene rings is 1. The van der Waals surface area contributed by atoms with Gasteiger partial charge in [-0.05, 0) is 19.3 Å². The minimum absolute atomic E-state index is 0.243. The number of halogens is 2. The number of nitrogens with zero attached hydrogens (tertiary/aromatic N) is 2. The van der Waals surface area contributed by atoms with Crippen LogP contribution in [0.1, 0.15) is 32.6 Å². The Kier molecular flexibility index (Phi) is 5.96. The molecule has 12 heteroatoms. The van der Waals surface area contributed by atoms with E-state index in [4.69, 9.17) is 16.2 Å². The number of nitrogens with one attached hydrogen (secondary N) is 1. The fourth-order valence-electron chi connectivity index (χ4n) is 4.59. The van der Waals surface area contributed by atoms with E-state index in [1.165, 1.54) is 18.9 Å². The van der Waals surface area contributed by atoms with E-state index < -0.39 is 59.0 Å². The van der Waals surface area contributed by atoms with Gasteiger partial charge < -0.3 is 31.3 Å². The Morgan fingerprint density at radius 2 is 2.00 bits per heavy atom. The van der Waals surface area contributed by atoms with Crippen LogP contribution in [0.4, 0.5) is 14.5 Å². The van der Waals surface area contributed by atoms with Gasteiger partial charge in [-0.25, -0.2) is 8.78 Å². The first-order valence-electron chi connectivity index (χ1n) is 11.0. The van der Waals surface area contributed by atoms with Crippen LogP contribution in [-0.2, 0) is 19.2 Å². The molecule has 3 aliphatic rings. The number of nitrogens with two attached hydrogens (primary N) is 2. The van der Waals surface area contributed by atoms with Crippen molar-refractivity contribution in [2.24, 2.45) is 17.4 Å². The predicted molar refractivity (Wildman–Crippen MR) is 115 cm³/mol. The van der Waals surface area contributed by atoms with Crippen LogP contribution < -0.4 is 21.5 Å². The summed E-state index contributed by atoms with van der Waals surface area (Å²) in [5.74, 6) is -4.63. The first kappa shape index (κ1) is 23.9. The Labute approximate surface area is 194 Å². The average Bonchev–Trinajstić information content (AvgIpc) is 3.50. The topological polar surface area (TPSA) is 148 Å². The minimum Gasteiger partial charge on any atom is -0.473 e. The van der Waals surface area contributed by atoms with E-state index in [1.807, 2.05) is 0 Å². The van der Waals surface area contributed by atoms with Crippen molar-refractivity contribution in [2.45, 2.75) is 56.3 Å². The van der Waals surface area contributed by atoms with Crippen molar-refractivity contribution in [3.63, 3.8) is 0 Å². The second kappa shape index (κ2) is 8.49. The molecule has 4 amide bonds. The molecular formula is C22H27F2N5O5. The molecule has 2 aliphatic heterocycles. The van der Waals surface area contributed by atoms with Crippen LogP contribution in [0.25, 0.3) is 0 Å². The van der Waals surface area contributed by atoms with Gasteiger partial charge in [-0.1, -0.05) is 12.8 Å². The third kappa shape index (κ3) is 4.17. The highest BCUT2D eigenvalue weighted by Gasteiger charge is 2.58. The van der Waals surface area contributed by atoms with Crippen molar-refractivity contribution in [1.82, 2.24) is 9.80 Å². The van der Waals surface area contributed by atoms with Gasteiger partial charge in [0.05, 0.1) is 12.6 Å². The Balaban J connectivity index is 1.66. The third-order valence-electron chi connectivity index (χ3n) is 6.66. The monoisotopic (exact) mass is 479 g/mol. The molecule has 1 spiro atoms. The van der Waals surface area contributed by atoms with Crippen LogP contribution in [0, 0.1) is 17.6 Å². The van der Waals surface area contributed by atoms with Gasteiger partial charge in [-0.3, -0.25) is 19.2 Å². The Morgan fingerprint density at radius 1 is 1.32 bits per heavy atom. The summed E-state index contributed by atoms with van der Waals surface area (Å²) >= 11 is 0. The number of primary amides is 1. The number of carbonyl (C=O) groups excluding carboxylic acids is 4. The lowest BCUT2D eigenvalue weighted by Crippen LogP contribution is -2.57.